The van der Waals surface area contributed by atoms with Gasteiger partial charge in [0, 0.05) is 32.4 Å². The van der Waals surface area contributed by atoms with E-state index in [0.717, 1.165) is 12.1 Å². The summed E-state index contributed by atoms with van der Waals surface area (Å²) in [4.78, 5) is 2.08. The minimum Gasteiger partial charge on any atom is -0.378 e. The maximum absolute atomic E-state index is 13.2. The van der Waals surface area contributed by atoms with Gasteiger partial charge in [-0.25, -0.2) is 4.39 Å². The second-order valence-corrected chi connectivity index (χ2v) is 6.19. The predicted molar refractivity (Wildman–Crippen MR) is 90.1 cm³/mol. The van der Waals surface area contributed by atoms with Crippen molar-refractivity contribution in [3.63, 3.8) is 0 Å². The summed E-state index contributed by atoms with van der Waals surface area (Å²) in [6.07, 6.45) is 0. The zero-order valence-corrected chi connectivity index (χ0v) is 14.1. The van der Waals surface area contributed by atoms with Crippen LogP contribution in [0, 0.1) is 5.82 Å². The van der Waals surface area contributed by atoms with E-state index < -0.39 is 0 Å². The fourth-order valence-electron chi connectivity index (χ4n) is 2.08. The van der Waals surface area contributed by atoms with Crippen molar-refractivity contribution >= 4 is 21.6 Å². The van der Waals surface area contributed by atoms with E-state index in [2.05, 4.69) is 57.3 Å². The molecule has 0 bridgehead atoms. The molecule has 2 rings (SSSR count). The fraction of sp³-hybridized carbons (Fsp3) is 0.294. The normalized spacial score (nSPS) is 12.2. The van der Waals surface area contributed by atoms with Crippen LogP contribution < -0.4 is 10.2 Å². The number of rotatable bonds is 5. The van der Waals surface area contributed by atoms with E-state index in [4.69, 9.17) is 0 Å². The van der Waals surface area contributed by atoms with Gasteiger partial charge < -0.3 is 10.2 Å². The molecule has 0 saturated carbocycles. The molecule has 1 N–H and O–H groups in total. The van der Waals surface area contributed by atoms with Gasteiger partial charge >= 0.3 is 0 Å². The van der Waals surface area contributed by atoms with Crippen LogP contribution in [0.3, 0.4) is 0 Å². The van der Waals surface area contributed by atoms with Crippen molar-refractivity contribution in [1.29, 1.82) is 0 Å². The first-order chi connectivity index (χ1) is 9.97. The van der Waals surface area contributed by atoms with Crippen molar-refractivity contribution in [2.45, 2.75) is 19.5 Å². The number of hydrogen-bond acceptors (Lipinski definition) is 2. The van der Waals surface area contributed by atoms with E-state index in [0.29, 0.717) is 4.47 Å². The molecule has 0 radical (unpaired) electrons. The second-order valence-electron chi connectivity index (χ2n) is 5.34. The summed E-state index contributed by atoms with van der Waals surface area (Å²) >= 11 is 3.22. The number of halogens is 2. The topological polar surface area (TPSA) is 15.3 Å². The molecule has 0 spiro atoms. The molecule has 0 fully saturated rings. The van der Waals surface area contributed by atoms with Gasteiger partial charge in [0.05, 0.1) is 4.47 Å². The Labute approximate surface area is 134 Å². The van der Waals surface area contributed by atoms with Crippen LogP contribution in [0.2, 0.25) is 0 Å². The third kappa shape index (κ3) is 4.29. The lowest BCUT2D eigenvalue weighted by molar-refractivity contribution is 0.570. The standard InChI is InChI=1S/C17H20BrFN2/c1-12(14-6-9-17(19)16(18)10-14)20-11-13-4-7-15(8-5-13)21(2)3/h4-10,12,20H,11H2,1-3H3. The van der Waals surface area contributed by atoms with E-state index in [1.807, 2.05) is 26.2 Å². The minimum atomic E-state index is -0.231. The van der Waals surface area contributed by atoms with Crippen LogP contribution in [0.5, 0.6) is 0 Å². The van der Waals surface area contributed by atoms with E-state index in [-0.39, 0.29) is 11.9 Å². The largest absolute Gasteiger partial charge is 0.378 e. The van der Waals surface area contributed by atoms with Crippen molar-refractivity contribution in [1.82, 2.24) is 5.32 Å². The Balaban J connectivity index is 1.97. The molecule has 1 unspecified atom stereocenters. The Hall–Kier alpha value is -1.39. The SMILES string of the molecule is CC(NCc1ccc(N(C)C)cc1)c1ccc(F)c(Br)c1. The third-order valence-electron chi connectivity index (χ3n) is 3.51. The van der Waals surface area contributed by atoms with E-state index >= 15 is 0 Å². The zero-order chi connectivity index (χ0) is 15.4. The first-order valence-electron chi connectivity index (χ1n) is 6.92. The van der Waals surface area contributed by atoms with Gasteiger partial charge in [-0.2, -0.15) is 0 Å². The quantitative estimate of drug-likeness (QED) is 0.853. The van der Waals surface area contributed by atoms with Crippen molar-refractivity contribution in [3.05, 3.63) is 63.9 Å². The van der Waals surface area contributed by atoms with Gasteiger partial charge in [-0.3, -0.25) is 0 Å². The maximum Gasteiger partial charge on any atom is 0.137 e. The molecule has 1 atom stereocenters. The summed E-state index contributed by atoms with van der Waals surface area (Å²) in [6, 6.07) is 13.7. The van der Waals surface area contributed by atoms with Crippen LogP contribution in [0.25, 0.3) is 0 Å². The van der Waals surface area contributed by atoms with Gasteiger partial charge in [0.1, 0.15) is 5.82 Å². The van der Waals surface area contributed by atoms with Gasteiger partial charge in [0.25, 0.3) is 0 Å². The van der Waals surface area contributed by atoms with Crippen LogP contribution in [0.4, 0.5) is 10.1 Å². The van der Waals surface area contributed by atoms with Gasteiger partial charge in [-0.05, 0) is 58.2 Å². The Morgan fingerprint density at radius 3 is 2.38 bits per heavy atom. The first-order valence-corrected chi connectivity index (χ1v) is 7.71. The summed E-state index contributed by atoms with van der Waals surface area (Å²) in [7, 11) is 4.06. The number of hydrogen-bond donors (Lipinski definition) is 1. The van der Waals surface area contributed by atoms with Crippen LogP contribution in [0.15, 0.2) is 46.9 Å². The molecule has 0 saturated heterocycles. The van der Waals surface area contributed by atoms with Crippen molar-refractivity contribution in [2.24, 2.45) is 0 Å². The summed E-state index contributed by atoms with van der Waals surface area (Å²) in [5, 5.41) is 3.45. The third-order valence-corrected chi connectivity index (χ3v) is 4.12. The zero-order valence-electron chi connectivity index (χ0n) is 12.5. The van der Waals surface area contributed by atoms with E-state index in [1.165, 1.54) is 17.3 Å². The van der Waals surface area contributed by atoms with Gasteiger partial charge in [-0.1, -0.05) is 18.2 Å². The van der Waals surface area contributed by atoms with Crippen LogP contribution in [0.1, 0.15) is 24.1 Å². The summed E-state index contributed by atoms with van der Waals surface area (Å²) in [6.45, 7) is 2.86. The second kappa shape index (κ2) is 7.05. The molecular formula is C17H20BrFN2. The number of nitrogens with one attached hydrogen (secondary N) is 1. The molecular weight excluding hydrogens is 331 g/mol. The average molecular weight is 351 g/mol. The van der Waals surface area contributed by atoms with Crippen LogP contribution in [-0.4, -0.2) is 14.1 Å². The summed E-state index contributed by atoms with van der Waals surface area (Å²) in [5.41, 5.74) is 3.48. The van der Waals surface area contributed by atoms with Crippen molar-refractivity contribution in [3.8, 4) is 0 Å². The molecule has 4 heteroatoms. The Kier molecular flexibility index (Phi) is 5.37. The lowest BCUT2D eigenvalue weighted by Crippen LogP contribution is -2.18. The Bertz CT molecular complexity index is 596. The molecule has 0 aliphatic carbocycles. The highest BCUT2D eigenvalue weighted by atomic mass is 79.9. The maximum atomic E-state index is 13.2. The van der Waals surface area contributed by atoms with E-state index in [1.54, 1.807) is 0 Å². The number of nitrogens with zero attached hydrogens (tertiary/aromatic N) is 1. The monoisotopic (exact) mass is 350 g/mol. The van der Waals surface area contributed by atoms with Gasteiger partial charge in [0.2, 0.25) is 0 Å². The Morgan fingerprint density at radius 1 is 1.14 bits per heavy atom. The molecule has 0 amide bonds. The summed E-state index contributed by atoms with van der Waals surface area (Å²) in [5.74, 6) is -0.231. The van der Waals surface area contributed by atoms with Crippen molar-refractivity contribution < 1.29 is 4.39 Å². The summed E-state index contributed by atoms with van der Waals surface area (Å²) < 4.78 is 13.7. The predicted octanol–water partition coefficient (Wildman–Crippen LogP) is 4.51. The van der Waals surface area contributed by atoms with Crippen molar-refractivity contribution in [2.75, 3.05) is 19.0 Å². The fourth-order valence-corrected chi connectivity index (χ4v) is 2.48. The smallest absolute Gasteiger partial charge is 0.137 e. The first kappa shape index (κ1) is 16.0. The molecule has 21 heavy (non-hydrogen) atoms. The van der Waals surface area contributed by atoms with E-state index in [9.17, 15) is 4.39 Å². The molecule has 112 valence electrons. The highest BCUT2D eigenvalue weighted by Crippen LogP contribution is 2.21. The van der Waals surface area contributed by atoms with Crippen LogP contribution in [-0.2, 0) is 6.54 Å². The van der Waals surface area contributed by atoms with Gasteiger partial charge in [-0.15, -0.1) is 0 Å². The molecule has 0 heterocycles. The lowest BCUT2D eigenvalue weighted by atomic mass is 10.1. The molecule has 0 aliphatic rings. The minimum absolute atomic E-state index is 0.162. The lowest BCUT2D eigenvalue weighted by Gasteiger charge is -2.16. The molecule has 2 aromatic carbocycles. The number of anilines is 1. The molecule has 2 aromatic rings. The molecule has 0 aliphatic heterocycles. The average Bonchev–Trinajstić information content (AvgIpc) is 2.48. The molecule has 2 nitrogen and oxygen atoms in total. The van der Waals surface area contributed by atoms with Crippen LogP contribution >= 0.6 is 15.9 Å². The number of benzene rings is 2. The Morgan fingerprint density at radius 2 is 1.81 bits per heavy atom. The van der Waals surface area contributed by atoms with Gasteiger partial charge in [0.15, 0.2) is 0 Å². The highest BCUT2D eigenvalue weighted by molar-refractivity contribution is 9.10. The highest BCUT2D eigenvalue weighted by Gasteiger charge is 2.07. The molecule has 0 aromatic heterocycles.